The lowest BCUT2D eigenvalue weighted by Crippen LogP contribution is -2.33. The molecule has 0 atom stereocenters. The number of carbonyl (C=O) groups excluding carboxylic acids is 3. The first-order chi connectivity index (χ1) is 7.29. The average Bonchev–Trinajstić information content (AvgIpc) is 2.45. The fraction of sp³-hybridized carbons (Fsp3) is 0.571. The van der Waals surface area contributed by atoms with E-state index in [2.05, 4.69) is 9.98 Å². The fourth-order valence-electron chi connectivity index (χ4n) is 1.03. The standard InChI is InChI=1S/C7H10N2O6S/c8-16(13,14)4-3-7(12)15-9-5(10)1-2-6(9)11/h1-4H2,(H2,8,13,14). The topological polar surface area (TPSA) is 124 Å². The van der Waals surface area contributed by atoms with Crippen LogP contribution in [0.25, 0.3) is 0 Å². The van der Waals surface area contributed by atoms with Crippen LogP contribution in [-0.4, -0.2) is 37.0 Å². The predicted octanol–water partition coefficient (Wildman–Crippen LogP) is -1.73. The SMILES string of the molecule is NS(=O)(=O)CCC(=O)ON1C(=O)CCC1=O. The van der Waals surface area contributed by atoms with Gasteiger partial charge in [-0.3, -0.25) is 9.59 Å². The van der Waals surface area contributed by atoms with Gasteiger partial charge in [0.15, 0.2) is 0 Å². The van der Waals surface area contributed by atoms with Crippen molar-refractivity contribution in [1.29, 1.82) is 0 Å². The van der Waals surface area contributed by atoms with Crippen molar-refractivity contribution in [2.75, 3.05) is 5.75 Å². The second kappa shape index (κ2) is 4.58. The van der Waals surface area contributed by atoms with Crippen LogP contribution in [0.15, 0.2) is 0 Å². The molecule has 8 nitrogen and oxygen atoms in total. The number of rotatable bonds is 4. The highest BCUT2D eigenvalue weighted by atomic mass is 32.2. The van der Waals surface area contributed by atoms with Crippen LogP contribution in [0.1, 0.15) is 19.3 Å². The Hall–Kier alpha value is -1.48. The van der Waals surface area contributed by atoms with E-state index >= 15 is 0 Å². The van der Waals surface area contributed by atoms with E-state index in [0.717, 1.165) is 0 Å². The Labute approximate surface area is 91.3 Å². The third-order valence-electron chi connectivity index (χ3n) is 1.79. The molecule has 2 N–H and O–H groups in total. The maximum absolute atomic E-state index is 11.0. The fourth-order valence-corrected chi connectivity index (χ4v) is 1.48. The molecule has 9 heteroatoms. The Bertz CT molecular complexity index is 412. The largest absolute Gasteiger partial charge is 0.334 e. The summed E-state index contributed by atoms with van der Waals surface area (Å²) in [4.78, 5) is 37.5. The number of sulfonamides is 1. The van der Waals surface area contributed by atoms with E-state index in [-0.39, 0.29) is 12.8 Å². The van der Waals surface area contributed by atoms with E-state index < -0.39 is 40.0 Å². The van der Waals surface area contributed by atoms with Crippen molar-refractivity contribution >= 4 is 27.8 Å². The lowest BCUT2D eigenvalue weighted by atomic mass is 10.4. The summed E-state index contributed by atoms with van der Waals surface area (Å²) in [5, 5.41) is 5.02. The highest BCUT2D eigenvalue weighted by molar-refractivity contribution is 7.89. The maximum Gasteiger partial charge on any atom is 0.334 e. The first-order valence-corrected chi connectivity index (χ1v) is 6.08. The number of amides is 2. The molecule has 1 fully saturated rings. The van der Waals surface area contributed by atoms with Gasteiger partial charge in [-0.25, -0.2) is 18.4 Å². The van der Waals surface area contributed by atoms with Crippen molar-refractivity contribution < 1.29 is 27.6 Å². The molecule has 2 amide bonds. The number of hydroxylamine groups is 2. The van der Waals surface area contributed by atoms with E-state index in [1.807, 2.05) is 0 Å². The molecule has 16 heavy (non-hydrogen) atoms. The van der Waals surface area contributed by atoms with Crippen molar-refractivity contribution in [2.45, 2.75) is 19.3 Å². The number of primary sulfonamides is 1. The Morgan fingerprint density at radius 1 is 1.31 bits per heavy atom. The van der Waals surface area contributed by atoms with Gasteiger partial charge >= 0.3 is 5.97 Å². The van der Waals surface area contributed by atoms with Crippen LogP contribution >= 0.6 is 0 Å². The number of nitrogens with two attached hydrogens (primary N) is 1. The molecule has 0 unspecified atom stereocenters. The molecule has 0 radical (unpaired) electrons. The van der Waals surface area contributed by atoms with Gasteiger partial charge in [0.05, 0.1) is 12.2 Å². The number of imide groups is 1. The van der Waals surface area contributed by atoms with Gasteiger partial charge in [-0.2, -0.15) is 0 Å². The molecule has 1 aliphatic heterocycles. The van der Waals surface area contributed by atoms with Crippen LogP contribution in [0.5, 0.6) is 0 Å². The third kappa shape index (κ3) is 3.59. The Kier molecular flexibility index (Phi) is 3.60. The first kappa shape index (κ1) is 12.6. The molecule has 0 bridgehead atoms. The van der Waals surface area contributed by atoms with Gasteiger partial charge in [-0.1, -0.05) is 0 Å². The molecule has 0 spiro atoms. The molecular formula is C7H10N2O6S. The second-order valence-electron chi connectivity index (χ2n) is 3.16. The molecule has 90 valence electrons. The zero-order valence-corrected chi connectivity index (χ0v) is 9.03. The van der Waals surface area contributed by atoms with Crippen LogP contribution in [0.3, 0.4) is 0 Å². The molecule has 0 saturated carbocycles. The molecule has 0 aliphatic carbocycles. The van der Waals surface area contributed by atoms with E-state index in [1.54, 1.807) is 0 Å². The summed E-state index contributed by atoms with van der Waals surface area (Å²) in [6.07, 6.45) is -0.529. The summed E-state index contributed by atoms with van der Waals surface area (Å²) >= 11 is 0. The summed E-state index contributed by atoms with van der Waals surface area (Å²) in [6, 6.07) is 0. The Morgan fingerprint density at radius 3 is 2.25 bits per heavy atom. The van der Waals surface area contributed by atoms with Crippen LogP contribution in [0.2, 0.25) is 0 Å². The minimum atomic E-state index is -3.77. The van der Waals surface area contributed by atoms with E-state index in [1.165, 1.54) is 0 Å². The summed E-state index contributed by atoms with van der Waals surface area (Å²) < 4.78 is 21.0. The maximum atomic E-state index is 11.0. The molecular weight excluding hydrogens is 240 g/mol. The predicted molar refractivity (Wildman–Crippen MR) is 49.8 cm³/mol. The van der Waals surface area contributed by atoms with Crippen molar-refractivity contribution in [2.24, 2.45) is 5.14 Å². The highest BCUT2D eigenvalue weighted by Crippen LogP contribution is 2.12. The van der Waals surface area contributed by atoms with E-state index in [0.29, 0.717) is 5.06 Å². The van der Waals surface area contributed by atoms with Gasteiger partial charge in [-0.15, -0.1) is 5.06 Å². The van der Waals surface area contributed by atoms with Crippen molar-refractivity contribution in [3.05, 3.63) is 0 Å². The van der Waals surface area contributed by atoms with Gasteiger partial charge in [0.2, 0.25) is 10.0 Å². The third-order valence-corrected chi connectivity index (χ3v) is 2.56. The van der Waals surface area contributed by atoms with Gasteiger partial charge in [0, 0.05) is 12.8 Å². The molecule has 0 aromatic carbocycles. The van der Waals surface area contributed by atoms with E-state index in [9.17, 15) is 22.8 Å². The zero-order valence-electron chi connectivity index (χ0n) is 8.21. The van der Waals surface area contributed by atoms with E-state index in [4.69, 9.17) is 0 Å². The minimum Gasteiger partial charge on any atom is -0.330 e. The molecule has 1 rings (SSSR count). The van der Waals surface area contributed by atoms with Crippen molar-refractivity contribution in [3.8, 4) is 0 Å². The quantitative estimate of drug-likeness (QED) is 0.591. The van der Waals surface area contributed by atoms with Gasteiger partial charge in [0.1, 0.15) is 0 Å². The monoisotopic (exact) mass is 250 g/mol. The smallest absolute Gasteiger partial charge is 0.330 e. The van der Waals surface area contributed by atoms with Crippen LogP contribution < -0.4 is 5.14 Å². The number of hydrogen-bond acceptors (Lipinski definition) is 6. The molecule has 1 saturated heterocycles. The summed E-state index contributed by atoms with van der Waals surface area (Å²) in [6.45, 7) is 0. The van der Waals surface area contributed by atoms with Crippen LogP contribution in [-0.2, 0) is 29.2 Å². The summed E-state index contributed by atoms with van der Waals surface area (Å²) in [5.74, 6) is -2.82. The van der Waals surface area contributed by atoms with Gasteiger partial charge in [-0.05, 0) is 0 Å². The number of carbonyl (C=O) groups is 3. The lowest BCUT2D eigenvalue weighted by molar-refractivity contribution is -0.197. The molecule has 1 heterocycles. The Morgan fingerprint density at radius 2 is 1.81 bits per heavy atom. The average molecular weight is 250 g/mol. The Balaban J connectivity index is 2.46. The lowest BCUT2D eigenvalue weighted by Gasteiger charge is -2.11. The van der Waals surface area contributed by atoms with Gasteiger partial charge < -0.3 is 4.84 Å². The van der Waals surface area contributed by atoms with Gasteiger partial charge in [0.25, 0.3) is 11.8 Å². The summed E-state index contributed by atoms with van der Waals surface area (Å²) in [7, 11) is -3.77. The second-order valence-corrected chi connectivity index (χ2v) is 4.90. The van der Waals surface area contributed by atoms with Crippen LogP contribution in [0, 0.1) is 0 Å². The normalized spacial score (nSPS) is 16.7. The number of nitrogens with zero attached hydrogens (tertiary/aromatic N) is 1. The highest BCUT2D eigenvalue weighted by Gasteiger charge is 2.32. The first-order valence-electron chi connectivity index (χ1n) is 4.36. The number of hydrogen-bond donors (Lipinski definition) is 1. The van der Waals surface area contributed by atoms with Crippen LogP contribution in [0.4, 0.5) is 0 Å². The molecule has 1 aliphatic rings. The minimum absolute atomic E-state index is 0.0126. The molecule has 0 aromatic rings. The van der Waals surface area contributed by atoms with Crippen molar-refractivity contribution in [1.82, 2.24) is 5.06 Å². The summed E-state index contributed by atoms with van der Waals surface area (Å²) in [5.41, 5.74) is 0. The zero-order chi connectivity index (χ0) is 12.3. The molecule has 0 aromatic heterocycles. The van der Waals surface area contributed by atoms with Crippen molar-refractivity contribution in [3.63, 3.8) is 0 Å².